The summed E-state index contributed by atoms with van der Waals surface area (Å²) in [5.41, 5.74) is 23.1. The van der Waals surface area contributed by atoms with Gasteiger partial charge in [0.2, 0.25) is 41.4 Å². The lowest BCUT2D eigenvalue weighted by Crippen LogP contribution is -2.60. The molecular weight excluding hydrogens is 883 g/mol. The quantitative estimate of drug-likeness (QED) is 0.0318. The lowest BCUT2D eigenvalue weighted by atomic mass is 10.0. The fourth-order valence-corrected chi connectivity index (χ4v) is 8.58. The van der Waals surface area contributed by atoms with Crippen LogP contribution >= 0.6 is 21.6 Å². The Bertz CT molecular complexity index is 2010. The number of nitrogens with zero attached hydrogens (tertiary/aromatic N) is 2. The zero-order valence-electron chi connectivity index (χ0n) is 36.1. The summed E-state index contributed by atoms with van der Waals surface area (Å²) in [4.78, 5) is 115. The first-order chi connectivity index (χ1) is 30.9. The van der Waals surface area contributed by atoms with E-state index < -0.39 is 89.6 Å². The Morgan fingerprint density at radius 3 is 1.71 bits per heavy atom. The Morgan fingerprint density at radius 1 is 0.692 bits per heavy atom. The summed E-state index contributed by atoms with van der Waals surface area (Å²) in [5.74, 6) is -7.28. The number of carbonyl (C=O) groups excluding carboxylic acids is 7. The molecule has 24 heteroatoms. The lowest BCUT2D eigenvalue weighted by Gasteiger charge is -2.27. The molecule has 0 unspecified atom stereocenters. The topological polar surface area (TPSA) is 370 Å². The SMILES string of the molecule is CC(=O)N[C@@H](CCCN=C(N)N)C(=O)N[C@@H](C)C(=O)N[C@H]1CSSC[C@@H](C(=O)O)NC(=O)[C@@H](Cc2ccccc2)NC(=O)[C@H](Cc2ccccc2)NC(=O)[C@H](CCCN=C(N)N)NC1=O. The van der Waals surface area contributed by atoms with Gasteiger partial charge in [0.1, 0.15) is 42.3 Å². The molecule has 1 fully saturated rings. The smallest absolute Gasteiger partial charge is 0.327 e. The summed E-state index contributed by atoms with van der Waals surface area (Å²) < 4.78 is 0. The maximum atomic E-state index is 14.2. The van der Waals surface area contributed by atoms with Crippen LogP contribution in [0.25, 0.3) is 0 Å². The van der Waals surface area contributed by atoms with Crippen molar-refractivity contribution in [2.75, 3.05) is 24.6 Å². The van der Waals surface area contributed by atoms with Gasteiger partial charge in [0.05, 0.1) is 0 Å². The highest BCUT2D eigenvalue weighted by Crippen LogP contribution is 2.24. The molecule has 0 aliphatic carbocycles. The van der Waals surface area contributed by atoms with Gasteiger partial charge >= 0.3 is 5.97 Å². The van der Waals surface area contributed by atoms with Crippen molar-refractivity contribution in [1.29, 1.82) is 0 Å². The van der Waals surface area contributed by atoms with Gasteiger partial charge in [0, 0.05) is 44.4 Å². The minimum absolute atomic E-state index is 0.0182. The van der Waals surface area contributed by atoms with Crippen molar-refractivity contribution in [3.05, 3.63) is 71.8 Å². The Kier molecular flexibility index (Phi) is 22.4. The van der Waals surface area contributed by atoms with Gasteiger partial charge in [0.25, 0.3) is 0 Å². The largest absolute Gasteiger partial charge is 0.480 e. The number of hydrogen-bond donors (Lipinski definition) is 12. The van der Waals surface area contributed by atoms with E-state index in [2.05, 4.69) is 47.2 Å². The van der Waals surface area contributed by atoms with E-state index in [1.807, 2.05) is 0 Å². The number of hydrogen-bond acceptors (Lipinski definition) is 12. The average molecular weight is 942 g/mol. The van der Waals surface area contributed by atoms with Crippen LogP contribution in [0.3, 0.4) is 0 Å². The number of benzene rings is 2. The van der Waals surface area contributed by atoms with Gasteiger partial charge in [-0.15, -0.1) is 0 Å². The third kappa shape index (κ3) is 19.8. The second-order valence-electron chi connectivity index (χ2n) is 15.0. The highest BCUT2D eigenvalue weighted by Gasteiger charge is 2.34. The lowest BCUT2D eigenvalue weighted by molar-refractivity contribution is -0.141. The van der Waals surface area contributed by atoms with Crippen LogP contribution in [0, 0.1) is 0 Å². The number of carboxylic acids is 1. The molecule has 65 heavy (non-hydrogen) atoms. The number of aliphatic carboxylic acids is 1. The summed E-state index contributed by atoms with van der Waals surface area (Å²) >= 11 is 0. The minimum Gasteiger partial charge on any atom is -0.480 e. The Hall–Kier alpha value is -6.56. The van der Waals surface area contributed by atoms with Crippen molar-refractivity contribution in [2.45, 2.75) is 94.7 Å². The van der Waals surface area contributed by atoms with Gasteiger partial charge in [-0.05, 0) is 43.7 Å². The summed E-state index contributed by atoms with van der Waals surface area (Å²) in [6, 6.07) is 8.46. The van der Waals surface area contributed by atoms with E-state index in [4.69, 9.17) is 22.9 Å². The summed E-state index contributed by atoms with van der Waals surface area (Å²) in [6.45, 7) is 2.84. The number of carboxylic acid groups (broad SMARTS) is 1. The molecule has 7 amide bonds. The van der Waals surface area contributed by atoms with E-state index in [0.717, 1.165) is 21.6 Å². The molecule has 0 radical (unpaired) electrons. The molecule has 16 N–H and O–H groups in total. The van der Waals surface area contributed by atoms with Gasteiger partial charge in [-0.2, -0.15) is 0 Å². The van der Waals surface area contributed by atoms with Gasteiger partial charge in [-0.25, -0.2) is 4.79 Å². The van der Waals surface area contributed by atoms with Crippen LogP contribution < -0.4 is 60.2 Å². The van der Waals surface area contributed by atoms with E-state index in [9.17, 15) is 43.5 Å². The minimum atomic E-state index is -1.45. The standard InChI is InChI=1S/C41H59N13O9S2/c1-23(48-34(57)27(49-24(2)55)15-9-17-46-40(42)43)33(56)53-31-21-64-65-22-32(39(62)63)54-37(60)30(20-26-13-7-4-8-14-26)52-36(59)29(19-25-11-5-3-6-12-25)51-35(58)28(50-38(31)61)16-10-18-47-41(44)45/h3-8,11-14,23,27-32H,9-10,15-22H2,1-2H3,(H,48,57)(H,49,55)(H,50,61)(H,51,58)(H,52,59)(H,53,56)(H,54,60)(H,62,63)(H4,42,43,46)(H4,44,45,47)/t23-,27-,28-,29-,30+,31-,32-/m0/s1. The fraction of sp³-hybridized carbons (Fsp3) is 0.463. The average Bonchev–Trinajstić information content (AvgIpc) is 3.25. The first-order valence-electron chi connectivity index (χ1n) is 20.7. The van der Waals surface area contributed by atoms with E-state index in [1.165, 1.54) is 13.8 Å². The van der Waals surface area contributed by atoms with Crippen LogP contribution in [-0.2, 0) is 51.2 Å². The van der Waals surface area contributed by atoms with Crippen LogP contribution in [0.15, 0.2) is 70.6 Å². The summed E-state index contributed by atoms with van der Waals surface area (Å²) in [7, 11) is 1.98. The molecule has 2 aromatic carbocycles. The fourth-order valence-electron chi connectivity index (χ4n) is 6.26. The highest BCUT2D eigenvalue weighted by molar-refractivity contribution is 8.76. The van der Waals surface area contributed by atoms with Crippen LogP contribution in [0.4, 0.5) is 0 Å². The van der Waals surface area contributed by atoms with Crippen molar-refractivity contribution >= 4 is 80.8 Å². The first-order valence-corrected chi connectivity index (χ1v) is 23.2. The molecule has 0 saturated carbocycles. The van der Waals surface area contributed by atoms with Crippen molar-refractivity contribution in [3.8, 4) is 0 Å². The van der Waals surface area contributed by atoms with E-state index in [-0.39, 0.29) is 68.6 Å². The van der Waals surface area contributed by atoms with E-state index in [0.29, 0.717) is 17.5 Å². The van der Waals surface area contributed by atoms with Crippen LogP contribution in [0.1, 0.15) is 50.7 Å². The Balaban J connectivity index is 1.98. The summed E-state index contributed by atoms with van der Waals surface area (Å²) in [5, 5.41) is 28.4. The maximum Gasteiger partial charge on any atom is 0.327 e. The molecule has 22 nitrogen and oxygen atoms in total. The molecule has 3 rings (SSSR count). The van der Waals surface area contributed by atoms with Gasteiger partial charge in [-0.1, -0.05) is 82.3 Å². The van der Waals surface area contributed by atoms with Crippen molar-refractivity contribution in [3.63, 3.8) is 0 Å². The van der Waals surface area contributed by atoms with Crippen LogP contribution in [-0.4, -0.2) is 131 Å². The molecule has 2 aromatic rings. The zero-order chi connectivity index (χ0) is 47.9. The molecule has 1 aliphatic heterocycles. The Labute approximate surface area is 384 Å². The number of aliphatic imine (C=N–C) groups is 2. The van der Waals surface area contributed by atoms with Crippen molar-refractivity contribution < 1.29 is 43.5 Å². The van der Waals surface area contributed by atoms with Gasteiger partial charge < -0.3 is 65.3 Å². The van der Waals surface area contributed by atoms with E-state index >= 15 is 0 Å². The third-order valence-corrected chi connectivity index (χ3v) is 12.0. The van der Waals surface area contributed by atoms with E-state index in [1.54, 1.807) is 60.7 Å². The predicted octanol–water partition coefficient (Wildman–Crippen LogP) is -2.51. The molecule has 1 saturated heterocycles. The number of carbonyl (C=O) groups is 8. The van der Waals surface area contributed by atoms with Gasteiger partial charge in [0.15, 0.2) is 11.9 Å². The molecule has 0 spiro atoms. The molecule has 354 valence electrons. The molecule has 7 atom stereocenters. The molecule has 1 aliphatic rings. The number of rotatable bonds is 18. The predicted molar refractivity (Wildman–Crippen MR) is 248 cm³/mol. The number of guanidine groups is 2. The van der Waals surface area contributed by atoms with Crippen LogP contribution in [0.2, 0.25) is 0 Å². The number of amides is 7. The maximum absolute atomic E-state index is 14.2. The highest BCUT2D eigenvalue weighted by atomic mass is 33.1. The third-order valence-electron chi connectivity index (χ3n) is 9.60. The number of nitrogens with two attached hydrogens (primary N) is 4. The molecule has 0 aromatic heterocycles. The van der Waals surface area contributed by atoms with Crippen molar-refractivity contribution in [2.24, 2.45) is 32.9 Å². The van der Waals surface area contributed by atoms with Crippen LogP contribution in [0.5, 0.6) is 0 Å². The zero-order valence-corrected chi connectivity index (χ0v) is 37.8. The second kappa shape index (κ2) is 27.6. The molecule has 0 bridgehead atoms. The molecular formula is C41H59N13O9S2. The second-order valence-corrected chi connectivity index (χ2v) is 17.5. The summed E-state index contributed by atoms with van der Waals surface area (Å²) in [6.07, 6.45) is 0.535. The van der Waals surface area contributed by atoms with Crippen molar-refractivity contribution in [1.82, 2.24) is 37.2 Å². The Morgan fingerprint density at radius 2 is 1.18 bits per heavy atom. The number of nitrogens with one attached hydrogen (secondary N) is 7. The van der Waals surface area contributed by atoms with Gasteiger partial charge in [-0.3, -0.25) is 43.5 Å². The first kappa shape index (κ1) is 52.8. The normalized spacial score (nSPS) is 20.7. The molecule has 1 heterocycles. The monoisotopic (exact) mass is 941 g/mol.